The van der Waals surface area contributed by atoms with E-state index in [0.717, 1.165) is 30.2 Å². The molecule has 0 fully saturated rings. The van der Waals surface area contributed by atoms with E-state index < -0.39 is 0 Å². The van der Waals surface area contributed by atoms with Gasteiger partial charge in [-0.3, -0.25) is 4.98 Å². The Balaban J connectivity index is 2.14. The zero-order valence-electron chi connectivity index (χ0n) is 13.3. The van der Waals surface area contributed by atoms with Crippen LogP contribution in [0.2, 0.25) is 0 Å². The number of hydrogen-bond donors (Lipinski definition) is 1. The molecule has 1 N–H and O–H groups in total. The summed E-state index contributed by atoms with van der Waals surface area (Å²) in [5.41, 5.74) is 3.46. The number of pyridine rings is 1. The minimum absolute atomic E-state index is 0.310. The summed E-state index contributed by atoms with van der Waals surface area (Å²) in [4.78, 5) is 4.53. The first-order valence-corrected chi connectivity index (χ1v) is 7.59. The van der Waals surface area contributed by atoms with E-state index >= 15 is 0 Å². The number of hydrogen-bond acceptors (Lipinski definition) is 3. The second-order valence-electron chi connectivity index (χ2n) is 5.24. The van der Waals surface area contributed by atoms with Crippen LogP contribution < -0.4 is 10.1 Å². The molecule has 0 aliphatic heterocycles. The fourth-order valence-electron chi connectivity index (χ4n) is 2.32. The van der Waals surface area contributed by atoms with Gasteiger partial charge in [0, 0.05) is 6.04 Å². The predicted molar refractivity (Wildman–Crippen MR) is 86.9 cm³/mol. The van der Waals surface area contributed by atoms with Gasteiger partial charge in [0.05, 0.1) is 11.9 Å². The molecule has 0 aliphatic carbocycles. The standard InChI is InChI=1S/C18H24N2O/c1-5-16(19-6-2)17-11-10-15(12-20-17)21-18-9-7-8-13(3)14(18)4/h7-12,16,19H,5-6H2,1-4H3. The van der Waals surface area contributed by atoms with E-state index in [2.05, 4.69) is 44.1 Å². The van der Waals surface area contributed by atoms with Gasteiger partial charge in [-0.05, 0) is 56.1 Å². The topological polar surface area (TPSA) is 34.1 Å². The molecule has 3 nitrogen and oxygen atoms in total. The van der Waals surface area contributed by atoms with Crippen molar-refractivity contribution < 1.29 is 4.74 Å². The molecule has 2 aromatic rings. The second-order valence-corrected chi connectivity index (χ2v) is 5.24. The fraction of sp³-hybridized carbons (Fsp3) is 0.389. The minimum atomic E-state index is 0.310. The highest BCUT2D eigenvalue weighted by atomic mass is 16.5. The number of ether oxygens (including phenoxy) is 1. The van der Waals surface area contributed by atoms with Crippen LogP contribution in [0, 0.1) is 13.8 Å². The molecule has 0 bridgehead atoms. The van der Waals surface area contributed by atoms with Crippen molar-refractivity contribution in [3.05, 3.63) is 53.3 Å². The van der Waals surface area contributed by atoms with Crippen LogP contribution in [-0.2, 0) is 0 Å². The van der Waals surface area contributed by atoms with E-state index in [1.165, 1.54) is 11.1 Å². The fourth-order valence-corrected chi connectivity index (χ4v) is 2.32. The van der Waals surface area contributed by atoms with E-state index in [1.54, 1.807) is 6.20 Å². The molecule has 112 valence electrons. The molecule has 0 radical (unpaired) electrons. The Morgan fingerprint density at radius 1 is 1.14 bits per heavy atom. The number of aromatic nitrogens is 1. The van der Waals surface area contributed by atoms with Crippen LogP contribution in [0.1, 0.15) is 43.1 Å². The molecule has 1 aromatic carbocycles. The van der Waals surface area contributed by atoms with Gasteiger partial charge in [-0.15, -0.1) is 0 Å². The molecule has 3 heteroatoms. The van der Waals surface area contributed by atoms with Crippen molar-refractivity contribution >= 4 is 0 Å². The van der Waals surface area contributed by atoms with Gasteiger partial charge in [-0.25, -0.2) is 0 Å². The van der Waals surface area contributed by atoms with Crippen molar-refractivity contribution in [1.29, 1.82) is 0 Å². The van der Waals surface area contributed by atoms with Crippen LogP contribution in [-0.4, -0.2) is 11.5 Å². The molecule has 1 heterocycles. The lowest BCUT2D eigenvalue weighted by Crippen LogP contribution is -2.20. The van der Waals surface area contributed by atoms with Crippen molar-refractivity contribution in [3.63, 3.8) is 0 Å². The van der Waals surface area contributed by atoms with Crippen LogP contribution in [0.15, 0.2) is 36.5 Å². The molecule has 1 unspecified atom stereocenters. The van der Waals surface area contributed by atoms with Crippen LogP contribution in [0.25, 0.3) is 0 Å². The maximum absolute atomic E-state index is 5.94. The van der Waals surface area contributed by atoms with Crippen LogP contribution in [0.5, 0.6) is 11.5 Å². The molecular weight excluding hydrogens is 260 g/mol. The Bertz CT molecular complexity index is 578. The summed E-state index contributed by atoms with van der Waals surface area (Å²) in [6, 6.07) is 10.4. The molecular formula is C18H24N2O. The van der Waals surface area contributed by atoms with E-state index in [0.29, 0.717) is 6.04 Å². The van der Waals surface area contributed by atoms with Gasteiger partial charge < -0.3 is 10.1 Å². The SMILES string of the molecule is CCNC(CC)c1ccc(Oc2cccc(C)c2C)cn1. The molecule has 21 heavy (non-hydrogen) atoms. The van der Waals surface area contributed by atoms with Crippen LogP contribution >= 0.6 is 0 Å². The Morgan fingerprint density at radius 3 is 2.57 bits per heavy atom. The quantitative estimate of drug-likeness (QED) is 0.845. The van der Waals surface area contributed by atoms with Gasteiger partial charge in [-0.2, -0.15) is 0 Å². The molecule has 1 atom stereocenters. The monoisotopic (exact) mass is 284 g/mol. The number of nitrogens with one attached hydrogen (secondary N) is 1. The summed E-state index contributed by atoms with van der Waals surface area (Å²) in [5.74, 6) is 1.67. The van der Waals surface area contributed by atoms with Crippen molar-refractivity contribution in [3.8, 4) is 11.5 Å². The summed E-state index contributed by atoms with van der Waals surface area (Å²) >= 11 is 0. The van der Waals surface area contributed by atoms with Crippen molar-refractivity contribution in [1.82, 2.24) is 10.3 Å². The van der Waals surface area contributed by atoms with Gasteiger partial charge >= 0.3 is 0 Å². The maximum Gasteiger partial charge on any atom is 0.145 e. The van der Waals surface area contributed by atoms with E-state index in [4.69, 9.17) is 4.74 Å². The summed E-state index contributed by atoms with van der Waals surface area (Å²) in [6.45, 7) is 9.38. The van der Waals surface area contributed by atoms with E-state index in [9.17, 15) is 0 Å². The average molecular weight is 284 g/mol. The first-order chi connectivity index (χ1) is 10.2. The average Bonchev–Trinajstić information content (AvgIpc) is 2.50. The Morgan fingerprint density at radius 2 is 1.95 bits per heavy atom. The molecule has 0 amide bonds. The maximum atomic E-state index is 5.94. The Labute approximate surface area is 127 Å². The smallest absolute Gasteiger partial charge is 0.145 e. The van der Waals surface area contributed by atoms with Gasteiger partial charge in [0.1, 0.15) is 11.5 Å². The zero-order chi connectivity index (χ0) is 15.2. The number of benzene rings is 1. The highest BCUT2D eigenvalue weighted by Crippen LogP contribution is 2.27. The third-order valence-electron chi connectivity index (χ3n) is 3.76. The largest absolute Gasteiger partial charge is 0.455 e. The van der Waals surface area contributed by atoms with Crippen LogP contribution in [0.3, 0.4) is 0 Å². The van der Waals surface area contributed by atoms with Gasteiger partial charge in [0.15, 0.2) is 0 Å². The van der Waals surface area contributed by atoms with E-state index in [1.807, 2.05) is 24.3 Å². The zero-order valence-corrected chi connectivity index (χ0v) is 13.3. The van der Waals surface area contributed by atoms with Gasteiger partial charge in [0.2, 0.25) is 0 Å². The number of nitrogens with zero attached hydrogens (tertiary/aromatic N) is 1. The second kappa shape index (κ2) is 7.23. The van der Waals surface area contributed by atoms with Crippen molar-refractivity contribution in [2.75, 3.05) is 6.54 Å². The molecule has 0 aliphatic rings. The van der Waals surface area contributed by atoms with Gasteiger partial charge in [-0.1, -0.05) is 26.0 Å². The molecule has 0 spiro atoms. The number of rotatable bonds is 6. The van der Waals surface area contributed by atoms with Crippen LogP contribution in [0.4, 0.5) is 0 Å². The first-order valence-electron chi connectivity index (χ1n) is 7.59. The minimum Gasteiger partial charge on any atom is -0.455 e. The third kappa shape index (κ3) is 3.82. The molecule has 1 aromatic heterocycles. The third-order valence-corrected chi connectivity index (χ3v) is 3.76. The van der Waals surface area contributed by atoms with E-state index in [-0.39, 0.29) is 0 Å². The highest BCUT2D eigenvalue weighted by molar-refractivity contribution is 5.41. The Kier molecular flexibility index (Phi) is 5.34. The lowest BCUT2D eigenvalue weighted by atomic mass is 10.1. The van der Waals surface area contributed by atoms with Crippen molar-refractivity contribution in [2.24, 2.45) is 0 Å². The molecule has 0 saturated carbocycles. The molecule has 2 rings (SSSR count). The summed E-state index contributed by atoms with van der Waals surface area (Å²) in [6.07, 6.45) is 2.83. The summed E-state index contributed by atoms with van der Waals surface area (Å²) in [7, 11) is 0. The lowest BCUT2D eigenvalue weighted by molar-refractivity contribution is 0.472. The Hall–Kier alpha value is -1.87. The number of aryl methyl sites for hydroxylation is 1. The predicted octanol–water partition coefficient (Wildman–Crippen LogP) is 4.55. The molecule has 0 saturated heterocycles. The summed E-state index contributed by atoms with van der Waals surface area (Å²) < 4.78 is 5.94. The highest BCUT2D eigenvalue weighted by Gasteiger charge is 2.09. The normalized spacial score (nSPS) is 12.2. The summed E-state index contributed by atoms with van der Waals surface area (Å²) in [5, 5.41) is 3.43. The lowest BCUT2D eigenvalue weighted by Gasteiger charge is -2.16. The van der Waals surface area contributed by atoms with Gasteiger partial charge in [0.25, 0.3) is 0 Å². The first kappa shape index (κ1) is 15.5. The van der Waals surface area contributed by atoms with Crippen molar-refractivity contribution in [2.45, 2.75) is 40.2 Å².